The molecule has 6 rings (SSSR count). The molecule has 4 aliphatic rings. The standard InChI is InChI=1S/C34H44O/c1-25-9-7-15-34(22-25)16-8-12-31-29(23-33(24-32(31)34)13-5-6-14-33)19-28-18-27(20-30(35)21-28)17-26-10-3-2-4-11-26/h2-4,7,10-11,15,18,20-21,25,29,31-32,35H,5-6,8-9,12-14,16-17,19,22-24H2,1H3/t25-,29-,31+,32+,34-/m1/s1. The van der Waals surface area contributed by atoms with Gasteiger partial charge in [-0.25, -0.2) is 0 Å². The zero-order valence-corrected chi connectivity index (χ0v) is 21.7. The molecule has 0 aliphatic heterocycles. The molecule has 35 heavy (non-hydrogen) atoms. The van der Waals surface area contributed by atoms with Crippen LogP contribution in [0, 0.1) is 34.5 Å². The fourth-order valence-corrected chi connectivity index (χ4v) is 9.31. The van der Waals surface area contributed by atoms with Gasteiger partial charge in [-0.15, -0.1) is 0 Å². The number of phenolic OH excluding ortho intramolecular Hbond substituents is 1. The van der Waals surface area contributed by atoms with Crippen LogP contribution in [0.2, 0.25) is 0 Å². The van der Waals surface area contributed by atoms with Crippen LogP contribution in [-0.4, -0.2) is 5.11 Å². The lowest BCUT2D eigenvalue weighted by Crippen LogP contribution is -2.49. The van der Waals surface area contributed by atoms with Crippen LogP contribution in [0.1, 0.15) is 94.2 Å². The molecule has 1 nitrogen and oxygen atoms in total. The normalized spacial score (nSPS) is 33.7. The second-order valence-electron chi connectivity index (χ2n) is 13.1. The van der Waals surface area contributed by atoms with Crippen molar-refractivity contribution in [1.29, 1.82) is 0 Å². The molecule has 0 radical (unpaired) electrons. The summed E-state index contributed by atoms with van der Waals surface area (Å²) in [6, 6.07) is 17.1. The molecule has 3 fully saturated rings. The zero-order chi connectivity index (χ0) is 23.9. The van der Waals surface area contributed by atoms with Gasteiger partial charge in [0.25, 0.3) is 0 Å². The average Bonchev–Trinajstić information content (AvgIpc) is 3.28. The first-order chi connectivity index (χ1) is 17.0. The molecule has 2 aromatic rings. The van der Waals surface area contributed by atoms with Crippen molar-refractivity contribution < 1.29 is 5.11 Å². The van der Waals surface area contributed by atoms with E-state index in [9.17, 15) is 5.11 Å². The van der Waals surface area contributed by atoms with E-state index >= 15 is 0 Å². The van der Waals surface area contributed by atoms with E-state index in [1.807, 2.05) is 6.07 Å². The number of fused-ring (bicyclic) bond motifs is 2. The van der Waals surface area contributed by atoms with E-state index in [2.05, 4.69) is 61.5 Å². The van der Waals surface area contributed by atoms with Crippen molar-refractivity contribution in [2.24, 2.45) is 34.5 Å². The van der Waals surface area contributed by atoms with Gasteiger partial charge in [-0.05, 0) is 128 Å². The van der Waals surface area contributed by atoms with Crippen LogP contribution in [0.25, 0.3) is 0 Å². The van der Waals surface area contributed by atoms with E-state index in [0.717, 1.165) is 36.5 Å². The summed E-state index contributed by atoms with van der Waals surface area (Å²) in [5.41, 5.74) is 4.99. The highest BCUT2D eigenvalue weighted by atomic mass is 16.3. The quantitative estimate of drug-likeness (QED) is 0.444. The van der Waals surface area contributed by atoms with Crippen molar-refractivity contribution in [1.82, 2.24) is 0 Å². The van der Waals surface area contributed by atoms with Gasteiger partial charge in [0.15, 0.2) is 0 Å². The Morgan fingerprint density at radius 1 is 0.857 bits per heavy atom. The number of hydrogen-bond donors (Lipinski definition) is 1. The molecule has 5 atom stereocenters. The van der Waals surface area contributed by atoms with Crippen molar-refractivity contribution >= 4 is 0 Å². The molecule has 3 saturated carbocycles. The van der Waals surface area contributed by atoms with E-state index in [-0.39, 0.29) is 0 Å². The van der Waals surface area contributed by atoms with Gasteiger partial charge in [0.1, 0.15) is 5.75 Å². The third-order valence-corrected chi connectivity index (χ3v) is 10.6. The Balaban J connectivity index is 1.30. The second kappa shape index (κ2) is 9.45. The van der Waals surface area contributed by atoms with Gasteiger partial charge in [-0.1, -0.05) is 74.7 Å². The highest BCUT2D eigenvalue weighted by Crippen LogP contribution is 2.64. The van der Waals surface area contributed by atoms with Gasteiger partial charge in [-0.3, -0.25) is 0 Å². The predicted octanol–water partition coefficient (Wildman–Crippen LogP) is 8.88. The van der Waals surface area contributed by atoms with E-state index < -0.39 is 0 Å². The summed E-state index contributed by atoms with van der Waals surface area (Å²) < 4.78 is 0. The van der Waals surface area contributed by atoms with Gasteiger partial charge in [-0.2, -0.15) is 0 Å². The molecule has 4 aliphatic carbocycles. The third-order valence-electron chi connectivity index (χ3n) is 10.6. The van der Waals surface area contributed by atoms with Gasteiger partial charge < -0.3 is 5.11 Å². The van der Waals surface area contributed by atoms with Crippen molar-refractivity contribution in [3.05, 3.63) is 77.4 Å². The topological polar surface area (TPSA) is 20.2 Å². The lowest BCUT2D eigenvalue weighted by atomic mass is 9.47. The molecular formula is C34H44O. The molecule has 0 bridgehead atoms. The fraction of sp³-hybridized carbons (Fsp3) is 0.588. The first-order valence-corrected chi connectivity index (χ1v) is 14.6. The van der Waals surface area contributed by atoms with Crippen molar-refractivity contribution in [2.75, 3.05) is 0 Å². The molecule has 0 unspecified atom stereocenters. The highest BCUT2D eigenvalue weighted by molar-refractivity contribution is 5.37. The Kier molecular flexibility index (Phi) is 6.32. The first kappa shape index (κ1) is 23.4. The summed E-state index contributed by atoms with van der Waals surface area (Å²) in [6.45, 7) is 2.49. The van der Waals surface area contributed by atoms with E-state index in [1.54, 1.807) is 0 Å². The summed E-state index contributed by atoms with van der Waals surface area (Å²) in [5.74, 6) is 3.77. The van der Waals surface area contributed by atoms with Crippen LogP contribution in [0.15, 0.2) is 60.7 Å². The maximum Gasteiger partial charge on any atom is 0.116 e. The number of hydrogen-bond acceptors (Lipinski definition) is 1. The monoisotopic (exact) mass is 468 g/mol. The Bertz CT molecular complexity index is 1050. The van der Waals surface area contributed by atoms with Gasteiger partial charge >= 0.3 is 0 Å². The molecular weight excluding hydrogens is 424 g/mol. The Morgan fingerprint density at radius 2 is 1.66 bits per heavy atom. The highest BCUT2D eigenvalue weighted by Gasteiger charge is 2.54. The summed E-state index contributed by atoms with van der Waals surface area (Å²) in [5, 5.41) is 10.7. The molecule has 1 heteroatoms. The van der Waals surface area contributed by atoms with Crippen LogP contribution >= 0.6 is 0 Å². The summed E-state index contributed by atoms with van der Waals surface area (Å²) in [4.78, 5) is 0. The van der Waals surface area contributed by atoms with E-state index in [1.165, 1.54) is 87.3 Å². The predicted molar refractivity (Wildman–Crippen MR) is 145 cm³/mol. The molecule has 0 heterocycles. The minimum absolute atomic E-state index is 0.445. The minimum atomic E-state index is 0.445. The second-order valence-corrected chi connectivity index (χ2v) is 13.1. The maximum atomic E-state index is 10.7. The Morgan fingerprint density at radius 3 is 2.46 bits per heavy atom. The summed E-state index contributed by atoms with van der Waals surface area (Å²) in [7, 11) is 0. The number of allylic oxidation sites excluding steroid dienone is 2. The average molecular weight is 469 g/mol. The fourth-order valence-electron chi connectivity index (χ4n) is 9.31. The molecule has 2 spiro atoms. The Labute approximate surface area is 213 Å². The SMILES string of the molecule is C[C@@H]1CC=C[C@@]2(CCC[C@H]3[C@H](Cc4cc(O)cc(Cc5ccccc5)c4)CC4(CCCC4)C[C@@H]32)C1. The molecule has 186 valence electrons. The summed E-state index contributed by atoms with van der Waals surface area (Å²) in [6.07, 6.45) is 23.0. The molecule has 0 saturated heterocycles. The van der Waals surface area contributed by atoms with Crippen LogP contribution < -0.4 is 0 Å². The van der Waals surface area contributed by atoms with E-state index in [4.69, 9.17) is 0 Å². The zero-order valence-electron chi connectivity index (χ0n) is 21.7. The lowest BCUT2D eigenvalue weighted by molar-refractivity contribution is -0.0597. The van der Waals surface area contributed by atoms with Crippen LogP contribution in [0.3, 0.4) is 0 Å². The molecule has 1 N–H and O–H groups in total. The largest absolute Gasteiger partial charge is 0.508 e. The van der Waals surface area contributed by atoms with E-state index in [0.29, 0.717) is 16.6 Å². The van der Waals surface area contributed by atoms with Gasteiger partial charge in [0, 0.05) is 0 Å². The van der Waals surface area contributed by atoms with Crippen LogP contribution in [0.4, 0.5) is 0 Å². The van der Waals surface area contributed by atoms with Crippen molar-refractivity contribution in [3.63, 3.8) is 0 Å². The lowest BCUT2D eigenvalue weighted by Gasteiger charge is -2.58. The number of benzene rings is 2. The summed E-state index contributed by atoms with van der Waals surface area (Å²) >= 11 is 0. The smallest absolute Gasteiger partial charge is 0.116 e. The molecule has 2 aromatic carbocycles. The number of rotatable bonds is 4. The van der Waals surface area contributed by atoms with Crippen molar-refractivity contribution in [2.45, 2.75) is 90.4 Å². The maximum absolute atomic E-state index is 10.7. The first-order valence-electron chi connectivity index (χ1n) is 14.6. The number of phenols is 1. The van der Waals surface area contributed by atoms with Crippen LogP contribution in [0.5, 0.6) is 5.75 Å². The van der Waals surface area contributed by atoms with Gasteiger partial charge in [0.05, 0.1) is 0 Å². The Hall–Kier alpha value is -2.02. The molecule has 0 aromatic heterocycles. The van der Waals surface area contributed by atoms with Crippen molar-refractivity contribution in [3.8, 4) is 5.75 Å². The van der Waals surface area contributed by atoms with Crippen LogP contribution in [-0.2, 0) is 12.8 Å². The molecule has 0 amide bonds. The van der Waals surface area contributed by atoms with Gasteiger partial charge in [0.2, 0.25) is 0 Å². The third kappa shape index (κ3) is 4.73. The number of aromatic hydroxyl groups is 1. The minimum Gasteiger partial charge on any atom is -0.508 e.